The van der Waals surface area contributed by atoms with Crippen molar-refractivity contribution in [2.75, 3.05) is 0 Å². The largest absolute Gasteiger partial charge is 0.0654 e. The summed E-state index contributed by atoms with van der Waals surface area (Å²) >= 11 is 0. The van der Waals surface area contributed by atoms with Gasteiger partial charge in [-0.2, -0.15) is 0 Å². The molecular formula is C26H53. The van der Waals surface area contributed by atoms with E-state index in [9.17, 15) is 0 Å². The number of hydrogen-bond acceptors (Lipinski definition) is 0. The van der Waals surface area contributed by atoms with Crippen LogP contribution in [0.5, 0.6) is 0 Å². The maximum absolute atomic E-state index is 2.57. The Morgan fingerprint density at radius 2 is 0.885 bits per heavy atom. The molecule has 0 nitrogen and oxygen atoms in total. The van der Waals surface area contributed by atoms with Crippen LogP contribution in [0.25, 0.3) is 0 Å². The van der Waals surface area contributed by atoms with Gasteiger partial charge < -0.3 is 0 Å². The van der Waals surface area contributed by atoms with Crippen molar-refractivity contribution in [3.8, 4) is 0 Å². The molecule has 0 aromatic heterocycles. The van der Waals surface area contributed by atoms with E-state index in [-0.39, 0.29) is 0 Å². The van der Waals surface area contributed by atoms with Gasteiger partial charge in [-0.1, -0.05) is 149 Å². The fourth-order valence-electron chi connectivity index (χ4n) is 3.92. The first-order chi connectivity index (χ1) is 12.8. The fourth-order valence-corrected chi connectivity index (χ4v) is 3.92. The van der Waals surface area contributed by atoms with Crippen LogP contribution in [0.3, 0.4) is 0 Å². The van der Waals surface area contributed by atoms with Crippen molar-refractivity contribution in [2.24, 2.45) is 5.92 Å². The van der Waals surface area contributed by atoms with Gasteiger partial charge in [-0.3, -0.25) is 0 Å². The van der Waals surface area contributed by atoms with Gasteiger partial charge in [-0.15, -0.1) is 0 Å². The van der Waals surface area contributed by atoms with Gasteiger partial charge >= 0.3 is 0 Å². The summed E-state index contributed by atoms with van der Waals surface area (Å²) in [5.41, 5.74) is 0. The van der Waals surface area contributed by atoms with Crippen LogP contribution < -0.4 is 0 Å². The average Bonchev–Trinajstić information content (AvgIpc) is 2.65. The quantitative estimate of drug-likeness (QED) is 0.167. The summed E-state index contributed by atoms with van der Waals surface area (Å²) in [4.78, 5) is 0. The Morgan fingerprint density at radius 1 is 0.462 bits per heavy atom. The molecule has 26 heavy (non-hydrogen) atoms. The predicted molar refractivity (Wildman–Crippen MR) is 122 cm³/mol. The summed E-state index contributed by atoms with van der Waals surface area (Å²) in [5, 5.41) is 0. The Kier molecular flexibility index (Phi) is 23.0. The van der Waals surface area contributed by atoms with Gasteiger partial charge in [0.25, 0.3) is 0 Å². The second-order valence-electron chi connectivity index (χ2n) is 8.85. The van der Waals surface area contributed by atoms with Crippen molar-refractivity contribution < 1.29 is 0 Å². The van der Waals surface area contributed by atoms with Crippen molar-refractivity contribution in [1.29, 1.82) is 0 Å². The maximum atomic E-state index is 2.57. The van der Waals surface area contributed by atoms with Crippen LogP contribution in [0.15, 0.2) is 0 Å². The van der Waals surface area contributed by atoms with Crippen molar-refractivity contribution >= 4 is 0 Å². The second kappa shape index (κ2) is 23.0. The molecule has 0 amide bonds. The van der Waals surface area contributed by atoms with Crippen LogP contribution in [0.1, 0.15) is 156 Å². The Labute approximate surface area is 168 Å². The lowest BCUT2D eigenvalue weighted by molar-refractivity contribution is 0.451. The molecule has 0 saturated carbocycles. The van der Waals surface area contributed by atoms with Crippen LogP contribution in [-0.4, -0.2) is 0 Å². The Hall–Kier alpha value is 0. The zero-order chi connectivity index (χ0) is 19.1. The molecule has 0 aromatic carbocycles. The van der Waals surface area contributed by atoms with Crippen molar-refractivity contribution in [2.45, 2.75) is 156 Å². The van der Waals surface area contributed by atoms with Crippen LogP contribution in [0.4, 0.5) is 0 Å². The highest BCUT2D eigenvalue weighted by molar-refractivity contribution is 4.67. The average molecular weight is 366 g/mol. The van der Waals surface area contributed by atoms with Gasteiger partial charge in [-0.05, 0) is 18.8 Å². The lowest BCUT2D eigenvalue weighted by Gasteiger charge is -2.11. The maximum Gasteiger partial charge on any atom is -0.0386 e. The van der Waals surface area contributed by atoms with Gasteiger partial charge in [0.1, 0.15) is 0 Å². The SMILES string of the molecule is CCCCCCCCCCCCC[CH]CCC(C)CCCCCCCC. The molecule has 0 aliphatic rings. The smallest absolute Gasteiger partial charge is 0.0386 e. The normalized spacial score (nSPS) is 12.6. The third kappa shape index (κ3) is 22.0. The Morgan fingerprint density at radius 3 is 1.38 bits per heavy atom. The molecule has 1 atom stereocenters. The van der Waals surface area contributed by atoms with E-state index < -0.39 is 0 Å². The summed E-state index contributed by atoms with van der Waals surface area (Å²) in [6.07, 6.45) is 32.8. The van der Waals surface area contributed by atoms with E-state index >= 15 is 0 Å². The van der Waals surface area contributed by atoms with Crippen molar-refractivity contribution in [3.05, 3.63) is 6.42 Å². The zero-order valence-electron chi connectivity index (χ0n) is 19.0. The number of hydrogen-bond donors (Lipinski definition) is 0. The molecule has 0 aliphatic carbocycles. The van der Waals surface area contributed by atoms with Crippen LogP contribution >= 0.6 is 0 Å². The summed E-state index contributed by atoms with van der Waals surface area (Å²) in [7, 11) is 0. The summed E-state index contributed by atoms with van der Waals surface area (Å²) in [5.74, 6) is 0.940. The first kappa shape index (κ1) is 26.0. The molecule has 0 heterocycles. The van der Waals surface area contributed by atoms with E-state index in [1.54, 1.807) is 0 Å². The topological polar surface area (TPSA) is 0 Å². The molecule has 157 valence electrons. The summed E-state index contributed by atoms with van der Waals surface area (Å²) in [6.45, 7) is 7.06. The zero-order valence-corrected chi connectivity index (χ0v) is 19.0. The van der Waals surface area contributed by atoms with Crippen LogP contribution in [0, 0.1) is 12.3 Å². The van der Waals surface area contributed by atoms with Crippen LogP contribution in [0.2, 0.25) is 0 Å². The lowest BCUT2D eigenvalue weighted by Crippen LogP contribution is -1.95. The predicted octanol–water partition coefficient (Wildman–Crippen LogP) is 10.1. The highest BCUT2D eigenvalue weighted by Gasteiger charge is 2.02. The molecule has 0 spiro atoms. The lowest BCUT2D eigenvalue weighted by atomic mass is 9.96. The van der Waals surface area contributed by atoms with Crippen molar-refractivity contribution in [3.63, 3.8) is 0 Å². The number of unbranched alkanes of at least 4 members (excludes halogenated alkanes) is 18. The van der Waals surface area contributed by atoms with Gasteiger partial charge in [0.2, 0.25) is 0 Å². The van der Waals surface area contributed by atoms with E-state index in [0.717, 1.165) is 5.92 Å². The van der Waals surface area contributed by atoms with Crippen molar-refractivity contribution in [1.82, 2.24) is 0 Å². The highest BCUT2D eigenvalue weighted by atomic mass is 14.1. The molecule has 0 N–H and O–H groups in total. The van der Waals surface area contributed by atoms with Crippen LogP contribution in [-0.2, 0) is 0 Å². The monoisotopic (exact) mass is 365 g/mol. The van der Waals surface area contributed by atoms with E-state index in [4.69, 9.17) is 0 Å². The van der Waals surface area contributed by atoms with E-state index in [1.165, 1.54) is 135 Å². The summed E-state index contributed by atoms with van der Waals surface area (Å²) in [6, 6.07) is 0. The standard InChI is InChI=1S/C26H53/c1-4-6-8-10-12-13-14-15-16-17-18-19-21-23-25-26(3)24-22-20-11-9-7-5-2/h21,26H,4-20,22-25H2,1-3H3. The Bertz CT molecular complexity index is 232. The summed E-state index contributed by atoms with van der Waals surface area (Å²) < 4.78 is 0. The molecule has 0 heteroatoms. The molecule has 0 bridgehead atoms. The van der Waals surface area contributed by atoms with E-state index in [0.29, 0.717) is 0 Å². The first-order valence-electron chi connectivity index (χ1n) is 12.6. The minimum Gasteiger partial charge on any atom is -0.0654 e. The number of rotatable bonds is 22. The van der Waals surface area contributed by atoms with Gasteiger partial charge in [0.15, 0.2) is 0 Å². The molecule has 1 radical (unpaired) electrons. The molecule has 0 rings (SSSR count). The van der Waals surface area contributed by atoms with E-state index in [1.807, 2.05) is 0 Å². The first-order valence-corrected chi connectivity index (χ1v) is 12.6. The Balaban J connectivity index is 3.09. The molecular weight excluding hydrogens is 312 g/mol. The minimum absolute atomic E-state index is 0.940. The molecule has 0 fully saturated rings. The van der Waals surface area contributed by atoms with Gasteiger partial charge in [0, 0.05) is 0 Å². The third-order valence-electron chi connectivity index (χ3n) is 5.93. The fraction of sp³-hybridized carbons (Fsp3) is 0.962. The molecule has 0 aliphatic heterocycles. The molecule has 1 unspecified atom stereocenters. The van der Waals surface area contributed by atoms with Gasteiger partial charge in [-0.25, -0.2) is 0 Å². The third-order valence-corrected chi connectivity index (χ3v) is 5.93. The molecule has 0 saturated heterocycles. The minimum atomic E-state index is 0.940. The van der Waals surface area contributed by atoms with Gasteiger partial charge in [0.05, 0.1) is 0 Å². The van der Waals surface area contributed by atoms with E-state index in [2.05, 4.69) is 27.2 Å². The highest BCUT2D eigenvalue weighted by Crippen LogP contribution is 2.18. The molecule has 0 aromatic rings. The second-order valence-corrected chi connectivity index (χ2v) is 8.85.